The molecule has 1 heterocycles. The molecule has 1 fully saturated rings. The van der Waals surface area contributed by atoms with Gasteiger partial charge in [0.05, 0.1) is 11.0 Å². The van der Waals surface area contributed by atoms with Crippen molar-refractivity contribution in [1.29, 1.82) is 0 Å². The SMILES string of the molecule is C[C@@H]1CN([C@@H](C)c2ccc(S(C)(=O)=O)cc2)CC[C@@H]1O. The lowest BCUT2D eigenvalue weighted by Crippen LogP contribution is -2.42. The Hall–Kier alpha value is -0.910. The van der Waals surface area contributed by atoms with Crippen LogP contribution in [0.4, 0.5) is 0 Å². The van der Waals surface area contributed by atoms with E-state index in [0.29, 0.717) is 4.90 Å². The van der Waals surface area contributed by atoms with Gasteiger partial charge in [-0.15, -0.1) is 0 Å². The average molecular weight is 297 g/mol. The lowest BCUT2D eigenvalue weighted by molar-refractivity contribution is 0.0199. The molecular formula is C15H23NO3S. The maximum absolute atomic E-state index is 11.5. The number of nitrogens with zero attached hydrogens (tertiary/aromatic N) is 1. The van der Waals surface area contributed by atoms with Gasteiger partial charge in [-0.25, -0.2) is 8.42 Å². The van der Waals surface area contributed by atoms with E-state index in [1.807, 2.05) is 12.1 Å². The maximum Gasteiger partial charge on any atom is 0.175 e. The monoisotopic (exact) mass is 297 g/mol. The van der Waals surface area contributed by atoms with Crippen molar-refractivity contribution in [3.63, 3.8) is 0 Å². The largest absolute Gasteiger partial charge is 0.393 e. The molecule has 1 aromatic carbocycles. The van der Waals surface area contributed by atoms with Crippen molar-refractivity contribution < 1.29 is 13.5 Å². The van der Waals surface area contributed by atoms with E-state index in [-0.39, 0.29) is 18.1 Å². The third-order valence-corrected chi connectivity index (χ3v) is 5.36. The lowest BCUT2D eigenvalue weighted by atomic mass is 9.94. The van der Waals surface area contributed by atoms with E-state index < -0.39 is 9.84 Å². The van der Waals surface area contributed by atoms with Crippen LogP contribution in [0.3, 0.4) is 0 Å². The highest BCUT2D eigenvalue weighted by atomic mass is 32.2. The maximum atomic E-state index is 11.5. The van der Waals surface area contributed by atoms with Gasteiger partial charge in [-0.3, -0.25) is 4.90 Å². The summed E-state index contributed by atoms with van der Waals surface area (Å²) in [4.78, 5) is 2.70. The highest BCUT2D eigenvalue weighted by Crippen LogP contribution is 2.27. The number of aliphatic hydroxyl groups excluding tert-OH is 1. The van der Waals surface area contributed by atoms with Crippen LogP contribution in [-0.2, 0) is 9.84 Å². The Morgan fingerprint density at radius 2 is 1.90 bits per heavy atom. The van der Waals surface area contributed by atoms with Crippen LogP contribution in [0.1, 0.15) is 31.9 Å². The number of aliphatic hydroxyl groups is 1. The first-order valence-electron chi connectivity index (χ1n) is 7.01. The summed E-state index contributed by atoms with van der Waals surface area (Å²) >= 11 is 0. The number of sulfone groups is 1. The van der Waals surface area contributed by atoms with E-state index in [2.05, 4.69) is 18.7 Å². The molecule has 0 amide bonds. The van der Waals surface area contributed by atoms with Gasteiger partial charge in [0.1, 0.15) is 0 Å². The second-order valence-electron chi connectivity index (χ2n) is 5.85. The normalized spacial score (nSPS) is 26.4. The fourth-order valence-corrected chi connectivity index (χ4v) is 3.35. The zero-order valence-electron chi connectivity index (χ0n) is 12.3. The Bertz CT molecular complexity index is 553. The van der Waals surface area contributed by atoms with Crippen molar-refractivity contribution in [2.24, 2.45) is 5.92 Å². The molecular weight excluding hydrogens is 274 g/mol. The van der Waals surface area contributed by atoms with Gasteiger partial charge >= 0.3 is 0 Å². The zero-order valence-corrected chi connectivity index (χ0v) is 13.1. The van der Waals surface area contributed by atoms with Gasteiger partial charge in [-0.05, 0) is 37.0 Å². The molecule has 1 N–H and O–H groups in total. The van der Waals surface area contributed by atoms with Gasteiger partial charge in [0.2, 0.25) is 0 Å². The first-order chi connectivity index (χ1) is 9.29. The number of hydrogen-bond donors (Lipinski definition) is 1. The van der Waals surface area contributed by atoms with Crippen molar-refractivity contribution in [3.05, 3.63) is 29.8 Å². The summed E-state index contributed by atoms with van der Waals surface area (Å²) in [6, 6.07) is 7.35. The van der Waals surface area contributed by atoms with Crippen LogP contribution < -0.4 is 0 Å². The summed E-state index contributed by atoms with van der Waals surface area (Å²) in [6.45, 7) is 5.94. The smallest absolute Gasteiger partial charge is 0.175 e. The van der Waals surface area contributed by atoms with Crippen LogP contribution in [0.5, 0.6) is 0 Å². The van der Waals surface area contributed by atoms with Crippen LogP contribution in [0.25, 0.3) is 0 Å². The highest BCUT2D eigenvalue weighted by Gasteiger charge is 2.27. The summed E-state index contributed by atoms with van der Waals surface area (Å²) in [5.74, 6) is 0.279. The Morgan fingerprint density at radius 1 is 1.30 bits per heavy atom. The predicted octanol–water partition coefficient (Wildman–Crippen LogP) is 1.85. The minimum atomic E-state index is -3.13. The molecule has 112 valence electrons. The Morgan fingerprint density at radius 3 is 2.40 bits per heavy atom. The van der Waals surface area contributed by atoms with Crippen molar-refractivity contribution in [2.45, 2.75) is 37.3 Å². The van der Waals surface area contributed by atoms with Gasteiger partial charge < -0.3 is 5.11 Å². The second-order valence-corrected chi connectivity index (χ2v) is 7.86. The topological polar surface area (TPSA) is 57.6 Å². The van der Waals surface area contributed by atoms with Crippen molar-refractivity contribution in [1.82, 2.24) is 4.90 Å². The highest BCUT2D eigenvalue weighted by molar-refractivity contribution is 7.90. The number of rotatable bonds is 3. The summed E-state index contributed by atoms with van der Waals surface area (Å²) in [5.41, 5.74) is 1.11. The molecule has 0 radical (unpaired) electrons. The van der Waals surface area contributed by atoms with Crippen LogP contribution in [-0.4, -0.2) is 43.9 Å². The third kappa shape index (κ3) is 3.40. The van der Waals surface area contributed by atoms with E-state index in [0.717, 1.165) is 25.1 Å². The number of hydrogen-bond acceptors (Lipinski definition) is 4. The van der Waals surface area contributed by atoms with E-state index in [4.69, 9.17) is 0 Å². The van der Waals surface area contributed by atoms with Gasteiger partial charge in [0, 0.05) is 25.4 Å². The van der Waals surface area contributed by atoms with Crippen LogP contribution in [0.15, 0.2) is 29.2 Å². The lowest BCUT2D eigenvalue weighted by Gasteiger charge is -2.38. The molecule has 1 aliphatic rings. The average Bonchev–Trinajstić information content (AvgIpc) is 2.40. The fraction of sp³-hybridized carbons (Fsp3) is 0.600. The zero-order chi connectivity index (χ0) is 14.9. The molecule has 3 atom stereocenters. The Balaban J connectivity index is 2.11. The fourth-order valence-electron chi connectivity index (χ4n) is 2.72. The van der Waals surface area contributed by atoms with E-state index in [9.17, 15) is 13.5 Å². The standard InChI is InChI=1S/C15H23NO3S/c1-11-10-16(9-8-15(11)17)12(2)13-4-6-14(7-5-13)20(3,18)19/h4-7,11-12,15,17H,8-10H2,1-3H3/t11-,12+,15+/m1/s1. The van der Waals surface area contributed by atoms with E-state index >= 15 is 0 Å². The quantitative estimate of drug-likeness (QED) is 0.925. The summed E-state index contributed by atoms with van der Waals surface area (Å²) in [7, 11) is -3.13. The number of benzene rings is 1. The van der Waals surface area contributed by atoms with Crippen LogP contribution in [0, 0.1) is 5.92 Å². The van der Waals surface area contributed by atoms with Crippen molar-refractivity contribution >= 4 is 9.84 Å². The van der Waals surface area contributed by atoms with E-state index in [1.165, 1.54) is 6.26 Å². The first-order valence-corrected chi connectivity index (χ1v) is 8.90. The van der Waals surface area contributed by atoms with Crippen molar-refractivity contribution in [3.8, 4) is 0 Å². The summed E-state index contributed by atoms with van der Waals surface area (Å²) < 4.78 is 22.9. The van der Waals surface area contributed by atoms with Gasteiger partial charge in [-0.1, -0.05) is 19.1 Å². The van der Waals surface area contributed by atoms with Crippen molar-refractivity contribution in [2.75, 3.05) is 19.3 Å². The molecule has 0 aliphatic carbocycles. The molecule has 1 aliphatic heterocycles. The molecule has 4 nitrogen and oxygen atoms in total. The molecule has 2 rings (SSSR count). The first kappa shape index (κ1) is 15.5. The Labute approximate surface area is 121 Å². The molecule has 0 spiro atoms. The molecule has 0 bridgehead atoms. The van der Waals surface area contributed by atoms with E-state index in [1.54, 1.807) is 12.1 Å². The molecule has 1 saturated heterocycles. The number of piperidine rings is 1. The second kappa shape index (κ2) is 5.84. The number of likely N-dealkylation sites (tertiary alicyclic amines) is 1. The molecule has 5 heteroatoms. The summed E-state index contributed by atoms with van der Waals surface area (Å²) in [6.07, 6.45) is 1.82. The van der Waals surface area contributed by atoms with Gasteiger partial charge in [0.25, 0.3) is 0 Å². The molecule has 1 aromatic rings. The van der Waals surface area contributed by atoms with Crippen LogP contribution in [0.2, 0.25) is 0 Å². The predicted molar refractivity (Wildman–Crippen MR) is 79.3 cm³/mol. The minimum Gasteiger partial charge on any atom is -0.393 e. The van der Waals surface area contributed by atoms with Crippen LogP contribution >= 0.6 is 0 Å². The summed E-state index contributed by atoms with van der Waals surface area (Å²) in [5, 5.41) is 9.78. The minimum absolute atomic E-state index is 0.203. The molecule has 0 saturated carbocycles. The van der Waals surface area contributed by atoms with Gasteiger partial charge in [-0.2, -0.15) is 0 Å². The molecule has 0 aromatic heterocycles. The Kier molecular flexibility index (Phi) is 4.52. The molecule has 0 unspecified atom stereocenters. The van der Waals surface area contributed by atoms with Gasteiger partial charge in [0.15, 0.2) is 9.84 Å². The third-order valence-electron chi connectivity index (χ3n) is 4.23. The molecule has 20 heavy (non-hydrogen) atoms.